The Morgan fingerprint density at radius 2 is 2.05 bits per heavy atom. The van der Waals surface area contributed by atoms with Crippen LogP contribution >= 0.6 is 0 Å². The number of benzene rings is 1. The molecule has 1 aromatic carbocycles. The minimum Gasteiger partial charge on any atom is -0.508 e. The van der Waals surface area contributed by atoms with Crippen LogP contribution in [0.4, 0.5) is 0 Å². The Bertz CT molecular complexity index is 440. The number of hydrogen-bond donors (Lipinski definition) is 2. The number of aryl methyl sites for hydroxylation is 1. The molecule has 1 saturated heterocycles. The summed E-state index contributed by atoms with van der Waals surface area (Å²) in [4.78, 5) is 14.3. The number of amides is 1. The molecule has 2 rings (SSSR count). The van der Waals surface area contributed by atoms with Crippen LogP contribution in [0, 0.1) is 6.92 Å². The highest BCUT2D eigenvalue weighted by atomic mass is 16.3. The lowest BCUT2D eigenvalue weighted by atomic mass is 10.1. The zero-order chi connectivity index (χ0) is 13.7. The zero-order valence-electron chi connectivity index (χ0n) is 11.5. The van der Waals surface area contributed by atoms with E-state index >= 15 is 0 Å². The fraction of sp³-hybridized carbons (Fsp3) is 0.533. The second-order valence-electron chi connectivity index (χ2n) is 5.16. The van der Waals surface area contributed by atoms with Gasteiger partial charge >= 0.3 is 0 Å². The molecule has 1 aliphatic rings. The number of aromatic hydroxyl groups is 1. The van der Waals surface area contributed by atoms with E-state index in [1.807, 2.05) is 0 Å². The SMILES string of the molecule is Cc1cc(C(=O)NCCN2CCCCC2)ccc1O. The fourth-order valence-corrected chi connectivity index (χ4v) is 2.41. The molecule has 19 heavy (non-hydrogen) atoms. The quantitative estimate of drug-likeness (QED) is 0.871. The van der Waals surface area contributed by atoms with Gasteiger partial charge in [-0.25, -0.2) is 0 Å². The van der Waals surface area contributed by atoms with Crippen molar-refractivity contribution in [3.05, 3.63) is 29.3 Å². The second-order valence-corrected chi connectivity index (χ2v) is 5.16. The van der Waals surface area contributed by atoms with Crippen molar-refractivity contribution in [3.63, 3.8) is 0 Å². The molecule has 2 N–H and O–H groups in total. The van der Waals surface area contributed by atoms with Gasteiger partial charge in [0.05, 0.1) is 0 Å². The van der Waals surface area contributed by atoms with E-state index in [1.165, 1.54) is 19.3 Å². The van der Waals surface area contributed by atoms with Crippen LogP contribution in [-0.4, -0.2) is 42.1 Å². The third kappa shape index (κ3) is 3.96. The topological polar surface area (TPSA) is 52.6 Å². The average molecular weight is 262 g/mol. The summed E-state index contributed by atoms with van der Waals surface area (Å²) < 4.78 is 0. The molecule has 1 aliphatic heterocycles. The summed E-state index contributed by atoms with van der Waals surface area (Å²) >= 11 is 0. The van der Waals surface area contributed by atoms with Gasteiger partial charge in [0.25, 0.3) is 5.91 Å². The fourth-order valence-electron chi connectivity index (χ4n) is 2.41. The Morgan fingerprint density at radius 3 is 2.74 bits per heavy atom. The number of carbonyl (C=O) groups is 1. The van der Waals surface area contributed by atoms with E-state index in [-0.39, 0.29) is 11.7 Å². The summed E-state index contributed by atoms with van der Waals surface area (Å²) in [6.45, 7) is 5.68. The van der Waals surface area contributed by atoms with E-state index in [1.54, 1.807) is 25.1 Å². The van der Waals surface area contributed by atoms with Gasteiger partial charge < -0.3 is 15.3 Å². The number of hydrogen-bond acceptors (Lipinski definition) is 3. The highest BCUT2D eigenvalue weighted by Gasteiger charge is 2.11. The third-order valence-electron chi connectivity index (χ3n) is 3.62. The third-order valence-corrected chi connectivity index (χ3v) is 3.62. The number of nitrogens with zero attached hydrogens (tertiary/aromatic N) is 1. The van der Waals surface area contributed by atoms with Crippen molar-refractivity contribution in [2.75, 3.05) is 26.2 Å². The van der Waals surface area contributed by atoms with E-state index < -0.39 is 0 Å². The summed E-state index contributed by atoms with van der Waals surface area (Å²) in [6.07, 6.45) is 3.87. The smallest absolute Gasteiger partial charge is 0.251 e. The maximum atomic E-state index is 11.9. The molecule has 1 fully saturated rings. The van der Waals surface area contributed by atoms with E-state index in [2.05, 4.69) is 10.2 Å². The summed E-state index contributed by atoms with van der Waals surface area (Å²) in [6, 6.07) is 4.93. The number of piperidine rings is 1. The maximum absolute atomic E-state index is 11.9. The number of phenols is 1. The first-order valence-electron chi connectivity index (χ1n) is 6.97. The van der Waals surface area contributed by atoms with Crippen LogP contribution < -0.4 is 5.32 Å². The highest BCUT2D eigenvalue weighted by Crippen LogP contribution is 2.16. The van der Waals surface area contributed by atoms with E-state index in [9.17, 15) is 9.90 Å². The Kier molecular flexibility index (Phi) is 4.80. The minimum absolute atomic E-state index is 0.0693. The molecule has 0 aromatic heterocycles. The summed E-state index contributed by atoms with van der Waals surface area (Å²) in [7, 11) is 0. The normalized spacial score (nSPS) is 16.3. The molecule has 0 bridgehead atoms. The van der Waals surface area contributed by atoms with Crippen LogP contribution in [0.15, 0.2) is 18.2 Å². The summed E-state index contributed by atoms with van der Waals surface area (Å²) in [5.41, 5.74) is 1.33. The number of likely N-dealkylation sites (tertiary alicyclic amines) is 1. The Morgan fingerprint density at radius 1 is 1.32 bits per heavy atom. The molecule has 1 heterocycles. The molecular weight excluding hydrogens is 240 g/mol. The lowest BCUT2D eigenvalue weighted by Gasteiger charge is -2.26. The van der Waals surface area contributed by atoms with Gasteiger partial charge in [0.15, 0.2) is 0 Å². The predicted octanol–water partition coefficient (Wildman–Crippen LogP) is 1.92. The molecule has 0 spiro atoms. The van der Waals surface area contributed by atoms with E-state index in [4.69, 9.17) is 0 Å². The molecule has 0 unspecified atom stereocenters. The number of nitrogens with one attached hydrogen (secondary N) is 1. The van der Waals surface area contributed by atoms with E-state index in [0.29, 0.717) is 12.1 Å². The van der Waals surface area contributed by atoms with Crippen molar-refractivity contribution in [1.29, 1.82) is 0 Å². The van der Waals surface area contributed by atoms with Crippen molar-refractivity contribution < 1.29 is 9.90 Å². The first-order chi connectivity index (χ1) is 9.16. The largest absolute Gasteiger partial charge is 0.508 e. The van der Waals surface area contributed by atoms with Crippen LogP contribution in [0.1, 0.15) is 35.2 Å². The van der Waals surface area contributed by atoms with Gasteiger partial charge in [0, 0.05) is 18.7 Å². The van der Waals surface area contributed by atoms with Gasteiger partial charge in [-0.05, 0) is 56.6 Å². The van der Waals surface area contributed by atoms with Gasteiger partial charge in [0.2, 0.25) is 0 Å². The van der Waals surface area contributed by atoms with Crippen LogP contribution in [0.2, 0.25) is 0 Å². The van der Waals surface area contributed by atoms with Crippen LogP contribution in [0.3, 0.4) is 0 Å². The first-order valence-corrected chi connectivity index (χ1v) is 6.97. The van der Waals surface area contributed by atoms with Crippen molar-refractivity contribution >= 4 is 5.91 Å². The van der Waals surface area contributed by atoms with Crippen molar-refractivity contribution in [3.8, 4) is 5.75 Å². The second kappa shape index (κ2) is 6.57. The summed E-state index contributed by atoms with van der Waals surface area (Å²) in [5.74, 6) is 0.157. The van der Waals surface area contributed by atoms with Gasteiger partial charge in [-0.3, -0.25) is 4.79 Å². The molecule has 1 amide bonds. The maximum Gasteiger partial charge on any atom is 0.251 e. The lowest BCUT2D eigenvalue weighted by Crippen LogP contribution is -2.37. The molecule has 1 aromatic rings. The zero-order valence-corrected chi connectivity index (χ0v) is 11.5. The molecule has 0 aliphatic carbocycles. The number of rotatable bonds is 4. The first kappa shape index (κ1) is 13.9. The monoisotopic (exact) mass is 262 g/mol. The number of carbonyl (C=O) groups excluding carboxylic acids is 1. The van der Waals surface area contributed by atoms with Gasteiger partial charge in [-0.15, -0.1) is 0 Å². The Labute approximate surface area is 114 Å². The molecule has 0 saturated carbocycles. The molecule has 104 valence electrons. The number of phenolic OH excluding ortho intramolecular Hbond substituents is 1. The Balaban J connectivity index is 1.78. The highest BCUT2D eigenvalue weighted by molar-refractivity contribution is 5.94. The minimum atomic E-state index is -0.0693. The van der Waals surface area contributed by atoms with Gasteiger partial charge in [-0.1, -0.05) is 6.42 Å². The van der Waals surface area contributed by atoms with Crippen LogP contribution in [0.25, 0.3) is 0 Å². The summed E-state index contributed by atoms with van der Waals surface area (Å²) in [5, 5.41) is 12.4. The molecule has 4 heteroatoms. The standard InChI is InChI=1S/C15H22N2O2/c1-12-11-13(5-6-14(12)18)15(19)16-7-10-17-8-3-2-4-9-17/h5-6,11,18H,2-4,7-10H2,1H3,(H,16,19). The average Bonchev–Trinajstić information content (AvgIpc) is 2.43. The van der Waals surface area contributed by atoms with Crippen molar-refractivity contribution in [2.45, 2.75) is 26.2 Å². The van der Waals surface area contributed by atoms with Crippen molar-refractivity contribution in [2.24, 2.45) is 0 Å². The Hall–Kier alpha value is -1.55. The van der Waals surface area contributed by atoms with Crippen LogP contribution in [0.5, 0.6) is 5.75 Å². The molecular formula is C15H22N2O2. The molecule has 4 nitrogen and oxygen atoms in total. The van der Waals surface area contributed by atoms with Crippen molar-refractivity contribution in [1.82, 2.24) is 10.2 Å². The molecule has 0 atom stereocenters. The molecule has 0 radical (unpaired) electrons. The predicted molar refractivity (Wildman–Crippen MR) is 75.5 cm³/mol. The van der Waals surface area contributed by atoms with Crippen LogP contribution in [-0.2, 0) is 0 Å². The lowest BCUT2D eigenvalue weighted by molar-refractivity contribution is 0.0946. The van der Waals surface area contributed by atoms with Gasteiger partial charge in [-0.2, -0.15) is 0 Å². The van der Waals surface area contributed by atoms with Gasteiger partial charge in [0.1, 0.15) is 5.75 Å². The van der Waals surface area contributed by atoms with E-state index in [0.717, 1.165) is 25.2 Å².